The summed E-state index contributed by atoms with van der Waals surface area (Å²) in [6.07, 6.45) is 3.83. The molecule has 2 heterocycles. The lowest BCUT2D eigenvalue weighted by Crippen LogP contribution is -2.46. The first-order chi connectivity index (χ1) is 8.67. The van der Waals surface area contributed by atoms with Crippen LogP contribution < -0.4 is 5.32 Å². The minimum absolute atomic E-state index is 0.0542. The molecule has 1 aliphatic heterocycles. The third-order valence-corrected chi connectivity index (χ3v) is 3.77. The van der Waals surface area contributed by atoms with Crippen LogP contribution in [0.4, 0.5) is 0 Å². The summed E-state index contributed by atoms with van der Waals surface area (Å²) in [7, 11) is 0. The Morgan fingerprint density at radius 1 is 1.39 bits per heavy atom. The minimum Gasteiger partial charge on any atom is -0.348 e. The highest BCUT2D eigenvalue weighted by atomic mass is 15.1. The summed E-state index contributed by atoms with van der Waals surface area (Å²) >= 11 is 0. The van der Waals surface area contributed by atoms with Crippen molar-refractivity contribution in [3.05, 3.63) is 53.1 Å². The normalized spacial score (nSPS) is 22.8. The topological polar surface area (TPSA) is 40.7 Å². The lowest BCUT2D eigenvalue weighted by Gasteiger charge is -2.34. The number of benzene rings is 1. The zero-order chi connectivity index (χ0) is 12.6. The molecule has 0 saturated heterocycles. The van der Waals surface area contributed by atoms with E-state index in [1.807, 2.05) is 6.33 Å². The Hall–Kier alpha value is -1.61. The average Bonchev–Trinajstić information content (AvgIpc) is 2.78. The molecule has 0 spiro atoms. The van der Waals surface area contributed by atoms with E-state index >= 15 is 0 Å². The standard InChI is InChI=1S/C15H19N3/c1-11-4-3-5-12(8-11)9-15(2)14-13(6-7-18-15)16-10-17-14/h3-5,8,10,18H,6-7,9H2,1-2H3,(H,16,17). The van der Waals surface area contributed by atoms with Gasteiger partial charge in [-0.2, -0.15) is 0 Å². The van der Waals surface area contributed by atoms with Crippen LogP contribution in [-0.2, 0) is 18.4 Å². The van der Waals surface area contributed by atoms with Crippen molar-refractivity contribution in [3.8, 4) is 0 Å². The van der Waals surface area contributed by atoms with Crippen molar-refractivity contribution in [3.63, 3.8) is 0 Å². The third kappa shape index (κ3) is 1.95. The van der Waals surface area contributed by atoms with Crippen molar-refractivity contribution < 1.29 is 0 Å². The van der Waals surface area contributed by atoms with Crippen LogP contribution in [0, 0.1) is 6.92 Å². The van der Waals surface area contributed by atoms with Crippen LogP contribution in [0.25, 0.3) is 0 Å². The number of nitrogens with zero attached hydrogens (tertiary/aromatic N) is 1. The second kappa shape index (κ2) is 4.25. The fourth-order valence-electron chi connectivity index (χ4n) is 2.91. The number of imidazole rings is 1. The second-order valence-corrected chi connectivity index (χ2v) is 5.40. The van der Waals surface area contributed by atoms with Gasteiger partial charge in [-0.1, -0.05) is 29.8 Å². The number of aromatic amines is 1. The van der Waals surface area contributed by atoms with Crippen molar-refractivity contribution in [2.24, 2.45) is 0 Å². The van der Waals surface area contributed by atoms with Gasteiger partial charge in [-0.25, -0.2) is 4.98 Å². The van der Waals surface area contributed by atoms with Crippen molar-refractivity contribution >= 4 is 0 Å². The molecule has 0 aliphatic carbocycles. The summed E-state index contributed by atoms with van der Waals surface area (Å²) in [6.45, 7) is 5.39. The van der Waals surface area contributed by atoms with Gasteiger partial charge in [-0.05, 0) is 25.8 Å². The van der Waals surface area contributed by atoms with Crippen molar-refractivity contribution in [1.29, 1.82) is 0 Å². The highest BCUT2D eigenvalue weighted by Gasteiger charge is 2.34. The molecule has 18 heavy (non-hydrogen) atoms. The van der Waals surface area contributed by atoms with Gasteiger partial charge in [-0.3, -0.25) is 0 Å². The third-order valence-electron chi connectivity index (χ3n) is 3.77. The number of hydrogen-bond donors (Lipinski definition) is 2. The van der Waals surface area contributed by atoms with E-state index in [1.54, 1.807) is 0 Å². The van der Waals surface area contributed by atoms with E-state index < -0.39 is 0 Å². The Balaban J connectivity index is 1.93. The molecule has 0 radical (unpaired) electrons. The van der Waals surface area contributed by atoms with Crippen LogP contribution in [0.5, 0.6) is 0 Å². The zero-order valence-electron chi connectivity index (χ0n) is 11.0. The number of rotatable bonds is 2. The first-order valence-corrected chi connectivity index (χ1v) is 6.51. The molecule has 3 rings (SSSR count). The molecule has 0 amide bonds. The number of aromatic nitrogens is 2. The summed E-state index contributed by atoms with van der Waals surface area (Å²) in [5.74, 6) is 0. The van der Waals surface area contributed by atoms with Crippen LogP contribution in [0.2, 0.25) is 0 Å². The Morgan fingerprint density at radius 2 is 2.28 bits per heavy atom. The minimum atomic E-state index is -0.0542. The second-order valence-electron chi connectivity index (χ2n) is 5.40. The molecular formula is C15H19N3. The lowest BCUT2D eigenvalue weighted by atomic mass is 9.85. The van der Waals surface area contributed by atoms with Gasteiger partial charge < -0.3 is 10.3 Å². The van der Waals surface area contributed by atoms with Crippen molar-refractivity contribution in [2.45, 2.75) is 32.2 Å². The molecule has 1 aromatic heterocycles. The zero-order valence-corrected chi connectivity index (χ0v) is 11.0. The van der Waals surface area contributed by atoms with Crippen LogP contribution in [-0.4, -0.2) is 16.5 Å². The smallest absolute Gasteiger partial charge is 0.0926 e. The Bertz CT molecular complexity index is 558. The van der Waals surface area contributed by atoms with E-state index in [-0.39, 0.29) is 5.54 Å². The highest BCUT2D eigenvalue weighted by molar-refractivity contribution is 5.30. The van der Waals surface area contributed by atoms with E-state index in [1.165, 1.54) is 22.5 Å². The van der Waals surface area contributed by atoms with Gasteiger partial charge in [0.05, 0.1) is 17.6 Å². The highest BCUT2D eigenvalue weighted by Crippen LogP contribution is 2.29. The number of H-pyrrole nitrogens is 1. The predicted octanol–water partition coefficient (Wildman–Crippen LogP) is 2.32. The average molecular weight is 241 g/mol. The van der Waals surface area contributed by atoms with Crippen LogP contribution in [0.15, 0.2) is 30.6 Å². The first-order valence-electron chi connectivity index (χ1n) is 6.51. The van der Waals surface area contributed by atoms with Crippen LogP contribution in [0.1, 0.15) is 29.4 Å². The van der Waals surface area contributed by atoms with Gasteiger partial charge in [0.15, 0.2) is 0 Å². The summed E-state index contributed by atoms with van der Waals surface area (Å²) in [5.41, 5.74) is 5.08. The molecule has 1 aromatic carbocycles. The van der Waals surface area contributed by atoms with Crippen molar-refractivity contribution in [1.82, 2.24) is 15.3 Å². The summed E-state index contributed by atoms with van der Waals surface area (Å²) in [5, 5.41) is 3.62. The summed E-state index contributed by atoms with van der Waals surface area (Å²) < 4.78 is 0. The lowest BCUT2D eigenvalue weighted by molar-refractivity contribution is 0.335. The van der Waals surface area contributed by atoms with Crippen LogP contribution in [0.3, 0.4) is 0 Å². The number of aryl methyl sites for hydroxylation is 1. The van der Waals surface area contributed by atoms with E-state index in [4.69, 9.17) is 0 Å². The molecule has 1 atom stereocenters. The molecular weight excluding hydrogens is 222 g/mol. The fourth-order valence-corrected chi connectivity index (χ4v) is 2.91. The van der Waals surface area contributed by atoms with Gasteiger partial charge in [0.2, 0.25) is 0 Å². The molecule has 1 aliphatic rings. The largest absolute Gasteiger partial charge is 0.348 e. The van der Waals surface area contributed by atoms with Gasteiger partial charge in [0, 0.05) is 18.7 Å². The molecule has 2 N–H and O–H groups in total. The first kappa shape index (κ1) is 11.5. The van der Waals surface area contributed by atoms with Gasteiger partial charge in [-0.15, -0.1) is 0 Å². The Labute approximate surface area is 108 Å². The van der Waals surface area contributed by atoms with Crippen LogP contribution >= 0.6 is 0 Å². The molecule has 2 aromatic rings. The molecule has 94 valence electrons. The van der Waals surface area contributed by atoms with Gasteiger partial charge in [0.25, 0.3) is 0 Å². The predicted molar refractivity (Wildman–Crippen MR) is 72.5 cm³/mol. The van der Waals surface area contributed by atoms with E-state index in [2.05, 4.69) is 53.4 Å². The quantitative estimate of drug-likeness (QED) is 0.847. The Kier molecular flexibility index (Phi) is 2.71. The van der Waals surface area contributed by atoms with E-state index in [9.17, 15) is 0 Å². The molecule has 1 unspecified atom stereocenters. The van der Waals surface area contributed by atoms with Gasteiger partial charge in [0.1, 0.15) is 0 Å². The fraction of sp³-hybridized carbons (Fsp3) is 0.400. The van der Waals surface area contributed by atoms with E-state index in [0.29, 0.717) is 0 Å². The maximum Gasteiger partial charge on any atom is 0.0926 e. The maximum atomic E-state index is 4.51. The summed E-state index contributed by atoms with van der Waals surface area (Å²) in [4.78, 5) is 7.77. The number of nitrogens with one attached hydrogen (secondary N) is 2. The monoisotopic (exact) mass is 241 g/mol. The Morgan fingerprint density at radius 3 is 3.11 bits per heavy atom. The van der Waals surface area contributed by atoms with E-state index in [0.717, 1.165) is 19.4 Å². The number of fused-ring (bicyclic) bond motifs is 1. The summed E-state index contributed by atoms with van der Waals surface area (Å²) in [6, 6.07) is 8.72. The van der Waals surface area contributed by atoms with Crippen molar-refractivity contribution in [2.75, 3.05) is 6.54 Å². The number of hydrogen-bond acceptors (Lipinski definition) is 2. The van der Waals surface area contributed by atoms with Gasteiger partial charge >= 0.3 is 0 Å². The molecule has 0 saturated carbocycles. The SMILES string of the molecule is Cc1cccc(CC2(C)NCCc3[nH]cnc32)c1. The molecule has 3 nitrogen and oxygen atoms in total. The molecule has 0 bridgehead atoms. The maximum absolute atomic E-state index is 4.51. The molecule has 0 fully saturated rings. The molecule has 3 heteroatoms.